The molecule has 0 aliphatic heterocycles. The highest BCUT2D eigenvalue weighted by atomic mass is 19.1. The Hall–Kier alpha value is -4.70. The molecule has 1 saturated carbocycles. The van der Waals surface area contributed by atoms with Gasteiger partial charge in [0.15, 0.2) is 11.5 Å². The summed E-state index contributed by atoms with van der Waals surface area (Å²) in [7, 11) is 0. The van der Waals surface area contributed by atoms with Gasteiger partial charge in [0.05, 0.1) is 11.9 Å². The Morgan fingerprint density at radius 1 is 0.975 bits per heavy atom. The molecular weight excluding hydrogens is 512 g/mol. The molecule has 200 valence electrons. The molecule has 1 aliphatic carbocycles. The summed E-state index contributed by atoms with van der Waals surface area (Å²) < 4.78 is 29.2. The molecule has 1 unspecified atom stereocenters. The number of hydrogen-bond acceptors (Lipinski definition) is 6. The predicted molar refractivity (Wildman–Crippen MR) is 149 cm³/mol. The number of fused-ring (bicyclic) bond motifs is 2. The normalized spacial score (nSPS) is 14.8. The number of aromatic nitrogens is 6. The fraction of sp³-hybridized carbons (Fsp3) is 0.200. The van der Waals surface area contributed by atoms with Crippen LogP contribution in [-0.4, -0.2) is 41.5 Å². The number of nitrogens with zero attached hydrogens (tertiary/aromatic N) is 4. The van der Waals surface area contributed by atoms with Crippen molar-refractivity contribution in [2.75, 3.05) is 5.32 Å². The van der Waals surface area contributed by atoms with Gasteiger partial charge in [-0.3, -0.25) is 10.1 Å². The molecule has 10 heteroatoms. The van der Waals surface area contributed by atoms with E-state index >= 15 is 4.39 Å². The van der Waals surface area contributed by atoms with E-state index in [4.69, 9.17) is 4.98 Å². The number of aromatic amines is 2. The fourth-order valence-corrected chi connectivity index (χ4v) is 5.58. The molecule has 4 heterocycles. The lowest BCUT2D eigenvalue weighted by atomic mass is 10.0. The largest absolute Gasteiger partial charge is 0.374 e. The summed E-state index contributed by atoms with van der Waals surface area (Å²) >= 11 is 0. The van der Waals surface area contributed by atoms with E-state index in [1.807, 2.05) is 18.2 Å². The number of imidazole rings is 1. The fourth-order valence-electron chi connectivity index (χ4n) is 5.58. The molecule has 0 amide bonds. The number of anilines is 1. The van der Waals surface area contributed by atoms with Gasteiger partial charge >= 0.3 is 0 Å². The van der Waals surface area contributed by atoms with E-state index in [0.29, 0.717) is 56.0 Å². The number of nitrogens with one attached hydrogen (secondary N) is 3. The van der Waals surface area contributed by atoms with Crippen LogP contribution >= 0.6 is 0 Å². The predicted octanol–water partition coefficient (Wildman–Crippen LogP) is 6.43. The Balaban J connectivity index is 1.27. The first-order valence-corrected chi connectivity index (χ1v) is 13.2. The van der Waals surface area contributed by atoms with Gasteiger partial charge in [0.2, 0.25) is 0 Å². The highest BCUT2D eigenvalue weighted by molar-refractivity contribution is 5.97. The number of H-pyrrole nitrogens is 2. The molecule has 40 heavy (non-hydrogen) atoms. The molecule has 1 fully saturated rings. The number of pyridine rings is 2. The number of aliphatic hydroxyl groups is 1. The molecule has 6 aromatic rings. The lowest BCUT2D eigenvalue weighted by Gasteiger charge is -2.20. The average Bonchev–Trinajstić information content (AvgIpc) is 3.73. The molecule has 4 N–H and O–H groups in total. The molecule has 1 aliphatic rings. The van der Waals surface area contributed by atoms with Crippen molar-refractivity contribution in [2.45, 2.75) is 31.9 Å². The highest BCUT2D eigenvalue weighted by Crippen LogP contribution is 2.35. The van der Waals surface area contributed by atoms with E-state index in [1.54, 1.807) is 30.7 Å². The number of benzene rings is 2. The summed E-state index contributed by atoms with van der Waals surface area (Å²) in [6.07, 6.45) is 8.52. The third kappa shape index (κ3) is 4.36. The van der Waals surface area contributed by atoms with Gasteiger partial charge in [0.25, 0.3) is 0 Å². The van der Waals surface area contributed by atoms with Crippen LogP contribution in [0.15, 0.2) is 67.1 Å². The summed E-state index contributed by atoms with van der Waals surface area (Å²) in [5.74, 6) is -0.195. The topological polar surface area (TPSA) is 115 Å². The number of rotatable bonds is 6. The summed E-state index contributed by atoms with van der Waals surface area (Å²) in [5, 5.41) is 21.4. The van der Waals surface area contributed by atoms with Crippen LogP contribution in [0.3, 0.4) is 0 Å². The maximum Gasteiger partial charge on any atom is 0.160 e. The summed E-state index contributed by atoms with van der Waals surface area (Å²) in [6, 6.07) is 13.2. The molecule has 4 aromatic heterocycles. The summed E-state index contributed by atoms with van der Waals surface area (Å²) in [4.78, 5) is 16.6. The molecule has 0 saturated heterocycles. The van der Waals surface area contributed by atoms with Gasteiger partial charge < -0.3 is 15.4 Å². The van der Waals surface area contributed by atoms with Crippen LogP contribution in [0.2, 0.25) is 0 Å². The van der Waals surface area contributed by atoms with E-state index in [9.17, 15) is 9.50 Å². The van der Waals surface area contributed by atoms with Crippen molar-refractivity contribution in [2.24, 2.45) is 5.92 Å². The average molecular weight is 538 g/mol. The van der Waals surface area contributed by atoms with E-state index in [1.165, 1.54) is 18.2 Å². The van der Waals surface area contributed by atoms with Crippen LogP contribution < -0.4 is 5.32 Å². The van der Waals surface area contributed by atoms with Gasteiger partial charge in [-0.1, -0.05) is 25.0 Å². The van der Waals surface area contributed by atoms with Crippen LogP contribution in [0.5, 0.6) is 0 Å². The van der Waals surface area contributed by atoms with Crippen molar-refractivity contribution in [3.05, 3.63) is 78.8 Å². The zero-order valence-corrected chi connectivity index (χ0v) is 21.3. The molecule has 7 rings (SSSR count). The first kappa shape index (κ1) is 24.3. The van der Waals surface area contributed by atoms with Crippen LogP contribution in [0.1, 0.15) is 25.7 Å². The minimum absolute atomic E-state index is 0.214. The van der Waals surface area contributed by atoms with Crippen molar-refractivity contribution in [3.63, 3.8) is 0 Å². The molecule has 0 spiro atoms. The molecule has 1 atom stereocenters. The Labute approximate surface area is 227 Å². The lowest BCUT2D eigenvalue weighted by Crippen LogP contribution is -2.26. The first-order valence-electron chi connectivity index (χ1n) is 13.2. The van der Waals surface area contributed by atoms with Gasteiger partial charge in [0, 0.05) is 34.8 Å². The highest BCUT2D eigenvalue weighted by Gasteiger charge is 2.23. The monoisotopic (exact) mass is 537 g/mol. The van der Waals surface area contributed by atoms with E-state index in [0.717, 1.165) is 25.7 Å². The second kappa shape index (κ2) is 9.80. The third-order valence-corrected chi connectivity index (χ3v) is 7.60. The Bertz CT molecular complexity index is 1860. The SMILES string of the molecule is OC(Nc1cncc(-c2cc(F)c3[nH]nc(-c4nc5c(-c6cccc(F)c6)ccnc5[nH]4)c3c2)c1)C1CCCC1. The molecule has 0 bridgehead atoms. The number of halogens is 2. The second-order valence-electron chi connectivity index (χ2n) is 10.2. The van der Waals surface area contributed by atoms with Crippen LogP contribution in [-0.2, 0) is 0 Å². The minimum Gasteiger partial charge on any atom is -0.374 e. The van der Waals surface area contributed by atoms with Crippen molar-refractivity contribution in [3.8, 4) is 33.8 Å². The zero-order valence-electron chi connectivity index (χ0n) is 21.3. The minimum atomic E-state index is -0.654. The van der Waals surface area contributed by atoms with E-state index in [2.05, 4.69) is 30.5 Å². The molecule has 2 aromatic carbocycles. The maximum atomic E-state index is 15.3. The standard InChI is InChI=1S/C30H25F2N7O/c31-20-7-3-6-17(10-20)22-8-9-34-28-26(22)36-29(37-28)27-23-12-18(13-24(32)25(23)38-39-27)19-11-21(15-33-14-19)35-30(40)16-4-1-2-5-16/h3,6-16,30,35,40H,1-2,4-5H2,(H,38,39)(H,34,36,37). The van der Waals surface area contributed by atoms with Crippen molar-refractivity contribution in [1.29, 1.82) is 0 Å². The lowest BCUT2D eigenvalue weighted by molar-refractivity contribution is 0.137. The number of aliphatic hydroxyl groups excluding tert-OH is 1. The van der Waals surface area contributed by atoms with Gasteiger partial charge in [-0.05, 0) is 60.4 Å². The molecular formula is C30H25F2N7O. The Morgan fingerprint density at radius 2 is 1.85 bits per heavy atom. The Morgan fingerprint density at radius 3 is 2.70 bits per heavy atom. The van der Waals surface area contributed by atoms with Crippen LogP contribution in [0.25, 0.3) is 55.8 Å². The van der Waals surface area contributed by atoms with Gasteiger partial charge in [0.1, 0.15) is 34.6 Å². The third-order valence-electron chi connectivity index (χ3n) is 7.60. The summed E-state index contributed by atoms with van der Waals surface area (Å²) in [6.45, 7) is 0. The second-order valence-corrected chi connectivity index (χ2v) is 10.2. The van der Waals surface area contributed by atoms with Crippen molar-refractivity contribution >= 4 is 27.8 Å². The van der Waals surface area contributed by atoms with E-state index < -0.39 is 12.0 Å². The zero-order chi connectivity index (χ0) is 27.2. The maximum absolute atomic E-state index is 15.3. The number of hydrogen-bond donors (Lipinski definition) is 4. The Kier molecular flexibility index (Phi) is 5.96. The van der Waals surface area contributed by atoms with Gasteiger partial charge in [-0.15, -0.1) is 0 Å². The van der Waals surface area contributed by atoms with Gasteiger partial charge in [-0.2, -0.15) is 5.10 Å². The van der Waals surface area contributed by atoms with Crippen molar-refractivity contribution < 1.29 is 13.9 Å². The summed E-state index contributed by atoms with van der Waals surface area (Å²) in [5.41, 5.74) is 5.09. The van der Waals surface area contributed by atoms with Gasteiger partial charge in [-0.25, -0.2) is 18.7 Å². The quantitative estimate of drug-likeness (QED) is 0.182. The van der Waals surface area contributed by atoms with Crippen LogP contribution in [0.4, 0.5) is 14.5 Å². The first-order chi connectivity index (χ1) is 19.5. The molecule has 8 nitrogen and oxygen atoms in total. The van der Waals surface area contributed by atoms with Crippen LogP contribution in [0, 0.1) is 17.6 Å². The smallest absolute Gasteiger partial charge is 0.160 e. The molecule has 0 radical (unpaired) electrons. The van der Waals surface area contributed by atoms with E-state index in [-0.39, 0.29) is 17.3 Å². The van der Waals surface area contributed by atoms with Crippen molar-refractivity contribution in [1.82, 2.24) is 30.1 Å².